The molecule has 2 aromatic carbocycles. The topological polar surface area (TPSA) is 105 Å². The summed E-state index contributed by atoms with van der Waals surface area (Å²) in [6.07, 6.45) is 8.55. The van der Waals surface area contributed by atoms with Crippen LogP contribution in [0.4, 0.5) is 11.4 Å². The maximum atomic E-state index is 14.0. The van der Waals surface area contributed by atoms with Crippen LogP contribution < -0.4 is 14.5 Å². The third kappa shape index (κ3) is 6.44. The molecule has 46 heavy (non-hydrogen) atoms. The number of benzene rings is 2. The predicted octanol–water partition coefficient (Wildman–Crippen LogP) is 6.64. The zero-order valence-corrected chi connectivity index (χ0v) is 26.8. The fourth-order valence-electron chi connectivity index (χ4n) is 5.61. The molecular formula is C35H35ClN4O6. The molecule has 11 heteroatoms. The number of furan rings is 1. The van der Waals surface area contributed by atoms with E-state index in [1.54, 1.807) is 49.3 Å². The number of likely N-dealkylation sites (N-methyl/N-ethyl adjacent to an activating group) is 1. The smallest absolute Gasteiger partial charge is 0.307 e. The average molecular weight is 643 g/mol. The first kappa shape index (κ1) is 31.2. The zero-order chi connectivity index (χ0) is 32.4. The van der Waals surface area contributed by atoms with Crippen molar-refractivity contribution in [1.29, 1.82) is 0 Å². The molecule has 0 saturated heterocycles. The van der Waals surface area contributed by atoms with Gasteiger partial charge in [-0.15, -0.1) is 0 Å². The van der Waals surface area contributed by atoms with Crippen LogP contribution in [0.25, 0.3) is 17.0 Å². The second-order valence-electron chi connectivity index (χ2n) is 11.4. The highest BCUT2D eigenvalue weighted by atomic mass is 35.5. The Balaban J connectivity index is 1.21. The number of carbonyl (C=O) groups excluding carboxylic acids is 3. The Bertz CT molecular complexity index is 1830. The number of esters is 1. The first-order valence-electron chi connectivity index (χ1n) is 15.4. The van der Waals surface area contributed by atoms with Crippen molar-refractivity contribution in [2.75, 3.05) is 43.1 Å². The number of anilines is 2. The Labute approximate surface area is 272 Å². The molecule has 3 heterocycles. The highest BCUT2D eigenvalue weighted by Gasteiger charge is 2.36. The van der Waals surface area contributed by atoms with Crippen LogP contribution in [0.2, 0.25) is 5.02 Å². The minimum absolute atomic E-state index is 0.115. The normalized spacial score (nSPS) is 14.4. The molecule has 1 saturated carbocycles. The van der Waals surface area contributed by atoms with Crippen LogP contribution in [0.5, 0.6) is 11.5 Å². The van der Waals surface area contributed by atoms with Crippen LogP contribution in [-0.4, -0.2) is 67.0 Å². The number of aryl methyl sites for hydroxylation is 1. The number of ether oxygens (including phenoxy) is 2. The van der Waals surface area contributed by atoms with E-state index in [1.165, 1.54) is 30.0 Å². The van der Waals surface area contributed by atoms with Gasteiger partial charge in [-0.1, -0.05) is 23.7 Å². The monoisotopic (exact) mass is 642 g/mol. The molecular weight excluding hydrogens is 608 g/mol. The third-order valence-electron chi connectivity index (χ3n) is 8.25. The highest BCUT2D eigenvalue weighted by molar-refractivity contribution is 6.32. The van der Waals surface area contributed by atoms with Gasteiger partial charge in [0.15, 0.2) is 0 Å². The van der Waals surface area contributed by atoms with Gasteiger partial charge in [0.05, 0.1) is 29.4 Å². The number of hydrogen-bond donors (Lipinski definition) is 0. The molecule has 0 radical (unpaired) electrons. The molecule has 238 valence electrons. The van der Waals surface area contributed by atoms with E-state index in [1.807, 2.05) is 25.1 Å². The summed E-state index contributed by atoms with van der Waals surface area (Å²) in [5.41, 5.74) is 3.57. The van der Waals surface area contributed by atoms with Gasteiger partial charge < -0.3 is 28.6 Å². The number of hydrogen-bond acceptors (Lipinski definition) is 8. The van der Waals surface area contributed by atoms with E-state index < -0.39 is 0 Å². The van der Waals surface area contributed by atoms with Gasteiger partial charge >= 0.3 is 5.97 Å². The van der Waals surface area contributed by atoms with Crippen molar-refractivity contribution in [3.8, 4) is 11.5 Å². The van der Waals surface area contributed by atoms with E-state index in [-0.39, 0.29) is 30.7 Å². The van der Waals surface area contributed by atoms with Crippen LogP contribution in [0.1, 0.15) is 47.9 Å². The molecule has 1 aliphatic carbocycles. The summed E-state index contributed by atoms with van der Waals surface area (Å²) >= 11 is 6.65. The molecule has 6 rings (SSSR count). The number of rotatable bonds is 10. The lowest BCUT2D eigenvalue weighted by atomic mass is 10.1. The molecule has 0 unspecified atom stereocenters. The van der Waals surface area contributed by atoms with Crippen molar-refractivity contribution in [1.82, 2.24) is 9.88 Å². The maximum absolute atomic E-state index is 14.0. The molecule has 1 aliphatic heterocycles. The van der Waals surface area contributed by atoms with Crippen LogP contribution >= 0.6 is 11.6 Å². The fourth-order valence-corrected chi connectivity index (χ4v) is 5.80. The van der Waals surface area contributed by atoms with Gasteiger partial charge in [0.1, 0.15) is 28.4 Å². The van der Waals surface area contributed by atoms with Crippen molar-refractivity contribution >= 4 is 57.8 Å². The lowest BCUT2D eigenvalue weighted by Gasteiger charge is -2.38. The highest BCUT2D eigenvalue weighted by Crippen LogP contribution is 2.42. The Hall–Kier alpha value is -4.83. The van der Waals surface area contributed by atoms with E-state index in [0.717, 1.165) is 28.9 Å². The van der Waals surface area contributed by atoms with Crippen molar-refractivity contribution < 1.29 is 28.3 Å². The van der Waals surface area contributed by atoms with Gasteiger partial charge in [0.25, 0.3) is 5.91 Å². The fraction of sp³-hybridized carbons (Fsp3) is 0.314. The van der Waals surface area contributed by atoms with Gasteiger partial charge in [-0.3, -0.25) is 19.4 Å². The van der Waals surface area contributed by atoms with Gasteiger partial charge in [-0.25, -0.2) is 0 Å². The first-order valence-corrected chi connectivity index (χ1v) is 15.7. The Morgan fingerprint density at radius 1 is 1.11 bits per heavy atom. The predicted molar refractivity (Wildman–Crippen MR) is 177 cm³/mol. The molecule has 0 spiro atoms. The summed E-state index contributed by atoms with van der Waals surface area (Å²) in [6.45, 7) is 5.47. The lowest BCUT2D eigenvalue weighted by molar-refractivity contribution is -0.143. The minimum Gasteiger partial charge on any atom is -0.466 e. The van der Waals surface area contributed by atoms with Gasteiger partial charge in [-0.2, -0.15) is 0 Å². The average Bonchev–Trinajstić information content (AvgIpc) is 3.86. The Morgan fingerprint density at radius 3 is 2.65 bits per heavy atom. The second-order valence-corrected chi connectivity index (χ2v) is 11.8. The van der Waals surface area contributed by atoms with E-state index >= 15 is 0 Å². The first-order chi connectivity index (χ1) is 22.2. The van der Waals surface area contributed by atoms with Crippen molar-refractivity contribution in [3.63, 3.8) is 0 Å². The SMILES string of the molecule is CCOC(=O)CCN(C)C(=O)/C=C\c1oc2cc(Cl)c(Oc3ccncc3C(=O)N3CCN(C4CC4)c4ccccc43)cc2c1C. The van der Waals surface area contributed by atoms with Gasteiger partial charge in [-0.05, 0) is 57.0 Å². The van der Waals surface area contributed by atoms with E-state index in [2.05, 4.69) is 16.0 Å². The molecule has 2 aliphatic rings. The summed E-state index contributed by atoms with van der Waals surface area (Å²) in [4.78, 5) is 48.1. The number of para-hydroxylation sites is 2. The molecule has 2 amide bonds. The largest absolute Gasteiger partial charge is 0.466 e. The molecule has 0 atom stereocenters. The summed E-state index contributed by atoms with van der Waals surface area (Å²) in [6, 6.07) is 13.6. The summed E-state index contributed by atoms with van der Waals surface area (Å²) in [5.74, 6) is 0.335. The Kier molecular flexibility index (Phi) is 8.99. The van der Waals surface area contributed by atoms with Crippen molar-refractivity contribution in [3.05, 3.63) is 82.8 Å². The number of halogens is 1. The molecule has 0 N–H and O–H groups in total. The van der Waals surface area contributed by atoms with E-state index in [0.29, 0.717) is 52.6 Å². The summed E-state index contributed by atoms with van der Waals surface area (Å²) in [5, 5.41) is 1.04. The van der Waals surface area contributed by atoms with Gasteiger partial charge in [0.2, 0.25) is 5.91 Å². The zero-order valence-electron chi connectivity index (χ0n) is 26.0. The van der Waals surface area contributed by atoms with Crippen molar-refractivity contribution in [2.24, 2.45) is 0 Å². The molecule has 1 fully saturated rings. The molecule has 2 aromatic heterocycles. The number of aromatic nitrogens is 1. The third-order valence-corrected chi connectivity index (χ3v) is 8.54. The minimum atomic E-state index is -0.352. The van der Waals surface area contributed by atoms with E-state index in [4.69, 9.17) is 25.5 Å². The van der Waals surface area contributed by atoms with Gasteiger partial charge in [0, 0.05) is 68.2 Å². The molecule has 10 nitrogen and oxygen atoms in total. The van der Waals surface area contributed by atoms with Crippen LogP contribution in [0.3, 0.4) is 0 Å². The van der Waals surface area contributed by atoms with Crippen LogP contribution in [-0.2, 0) is 14.3 Å². The number of nitrogens with zero attached hydrogens (tertiary/aromatic N) is 4. The second kappa shape index (κ2) is 13.3. The number of amides is 2. The summed E-state index contributed by atoms with van der Waals surface area (Å²) < 4.78 is 17.2. The quantitative estimate of drug-likeness (QED) is 0.140. The number of pyridine rings is 1. The number of fused-ring (bicyclic) bond motifs is 2. The van der Waals surface area contributed by atoms with Crippen LogP contribution in [0.15, 0.2) is 65.4 Å². The molecule has 4 aromatic rings. The summed E-state index contributed by atoms with van der Waals surface area (Å²) in [7, 11) is 1.62. The Morgan fingerprint density at radius 2 is 1.89 bits per heavy atom. The number of carbonyl (C=O) groups is 3. The standard InChI is InChI=1S/C35H35ClN4O6/c1-4-44-34(42)14-16-38(3)33(41)12-11-29-22(2)24-19-32(26(36)20-31(24)45-29)46-30-13-15-37-21-25(30)35(43)40-18-17-39(23-9-10-23)27-7-5-6-8-28(27)40/h5-8,11-13,15,19-21,23H,4,9-10,14,16-18H2,1-3H3/b12-11-. The maximum Gasteiger partial charge on any atom is 0.307 e. The lowest BCUT2D eigenvalue weighted by Crippen LogP contribution is -2.45. The van der Waals surface area contributed by atoms with Crippen molar-refractivity contribution in [2.45, 2.75) is 39.2 Å². The van der Waals surface area contributed by atoms with E-state index in [9.17, 15) is 14.4 Å². The molecule has 0 bridgehead atoms. The van der Waals surface area contributed by atoms with Crippen LogP contribution in [0, 0.1) is 6.92 Å².